The molecule has 0 spiro atoms. The Morgan fingerprint density at radius 2 is 0.700 bits per heavy atom. The van der Waals surface area contributed by atoms with Gasteiger partial charge in [-0.25, -0.2) is 19.9 Å². The Labute approximate surface area is 282 Å². The standard InChI is InChI=1S/2C18H11N5O2/c2*24-23(25)15-9-5-8-14-16(15)22-18(13-7-2-4-11-20-13)17(21-14)12-6-1-3-10-19-12/h2*1-11H. The number of aromatic nitrogens is 8. The molecule has 8 rings (SSSR count). The van der Waals surface area contributed by atoms with Crippen molar-refractivity contribution in [3.05, 3.63) is 154 Å². The van der Waals surface area contributed by atoms with E-state index >= 15 is 0 Å². The molecule has 0 N–H and O–H groups in total. The van der Waals surface area contributed by atoms with Crippen LogP contribution in [0.2, 0.25) is 0 Å². The SMILES string of the molecule is O=[N+]([O-])c1cccc2nc(-c3ccccn3)c(-c3ccccn3)nc12.O=[N+]([O-])c1cccc2nc(-c3ccccn3)c(-c3ccccn3)nc12. The maximum absolute atomic E-state index is 11.3. The number of benzene rings is 2. The smallest absolute Gasteiger partial charge is 0.258 e. The van der Waals surface area contributed by atoms with Crippen LogP contribution < -0.4 is 0 Å². The molecule has 0 aliphatic rings. The number of nitrogens with zero attached hydrogens (tertiary/aromatic N) is 10. The van der Waals surface area contributed by atoms with Crippen LogP contribution in [-0.2, 0) is 0 Å². The van der Waals surface area contributed by atoms with E-state index in [1.165, 1.54) is 12.1 Å². The number of non-ortho nitro benzene ring substituents is 2. The molecule has 50 heavy (non-hydrogen) atoms. The average molecular weight is 659 g/mol. The molecule has 14 nitrogen and oxygen atoms in total. The first-order chi connectivity index (χ1) is 24.5. The van der Waals surface area contributed by atoms with Crippen molar-refractivity contribution in [3.63, 3.8) is 0 Å². The zero-order valence-electron chi connectivity index (χ0n) is 25.8. The molecule has 6 heterocycles. The summed E-state index contributed by atoms with van der Waals surface area (Å²) in [5.41, 5.74) is 5.57. The van der Waals surface area contributed by atoms with Crippen molar-refractivity contribution in [2.24, 2.45) is 0 Å². The molecule has 2 aromatic carbocycles. The van der Waals surface area contributed by atoms with E-state index in [2.05, 4.69) is 39.9 Å². The molecule has 8 aromatic rings. The Balaban J connectivity index is 0.000000157. The van der Waals surface area contributed by atoms with Crippen molar-refractivity contribution >= 4 is 33.4 Å². The quantitative estimate of drug-likeness (QED) is 0.128. The molecule has 14 heteroatoms. The van der Waals surface area contributed by atoms with Gasteiger partial charge in [0.1, 0.15) is 22.8 Å². The fourth-order valence-electron chi connectivity index (χ4n) is 5.15. The molecule has 0 saturated carbocycles. The lowest BCUT2D eigenvalue weighted by Crippen LogP contribution is -2.00. The summed E-state index contributed by atoms with van der Waals surface area (Å²) in [4.78, 5) is 57.3. The highest BCUT2D eigenvalue weighted by Gasteiger charge is 2.21. The molecule has 0 saturated heterocycles. The summed E-state index contributed by atoms with van der Waals surface area (Å²) in [7, 11) is 0. The van der Waals surface area contributed by atoms with E-state index in [0.717, 1.165) is 0 Å². The van der Waals surface area contributed by atoms with Crippen LogP contribution in [0.1, 0.15) is 0 Å². The predicted molar refractivity (Wildman–Crippen MR) is 185 cm³/mol. The molecule has 6 aromatic heterocycles. The first-order valence-electron chi connectivity index (χ1n) is 15.0. The Hall–Kier alpha value is -7.48. The third-order valence-electron chi connectivity index (χ3n) is 7.37. The summed E-state index contributed by atoms with van der Waals surface area (Å²) in [5, 5.41) is 22.7. The summed E-state index contributed by atoms with van der Waals surface area (Å²) in [6.07, 6.45) is 6.61. The zero-order chi connectivity index (χ0) is 34.5. The fraction of sp³-hybridized carbons (Fsp3) is 0. The molecule has 0 fully saturated rings. The molecule has 0 aliphatic heterocycles. The van der Waals surface area contributed by atoms with E-state index in [1.54, 1.807) is 73.3 Å². The van der Waals surface area contributed by atoms with Gasteiger partial charge in [-0.1, -0.05) is 36.4 Å². The van der Waals surface area contributed by atoms with E-state index < -0.39 is 9.85 Å². The van der Waals surface area contributed by atoms with Crippen molar-refractivity contribution < 1.29 is 9.85 Å². The number of nitro groups is 2. The second-order valence-electron chi connectivity index (χ2n) is 10.5. The molecule has 240 valence electrons. The van der Waals surface area contributed by atoms with Crippen LogP contribution in [0.5, 0.6) is 0 Å². The highest BCUT2D eigenvalue weighted by atomic mass is 16.6. The lowest BCUT2D eigenvalue weighted by atomic mass is 10.1. The van der Waals surface area contributed by atoms with Gasteiger partial charge >= 0.3 is 0 Å². The van der Waals surface area contributed by atoms with E-state index in [0.29, 0.717) is 56.6 Å². The molecule has 0 radical (unpaired) electrons. The van der Waals surface area contributed by atoms with Gasteiger partial charge in [0.05, 0.1) is 43.7 Å². The normalized spacial score (nSPS) is 10.7. The zero-order valence-corrected chi connectivity index (χ0v) is 25.8. The van der Waals surface area contributed by atoms with Gasteiger partial charge < -0.3 is 0 Å². The van der Waals surface area contributed by atoms with Crippen LogP contribution in [0.4, 0.5) is 11.4 Å². The van der Waals surface area contributed by atoms with E-state index in [-0.39, 0.29) is 22.4 Å². The summed E-state index contributed by atoms with van der Waals surface area (Å²) in [6, 6.07) is 31.2. The minimum absolute atomic E-state index is 0.0882. The number of hydrogen-bond donors (Lipinski definition) is 0. The van der Waals surface area contributed by atoms with Crippen LogP contribution >= 0.6 is 0 Å². The highest BCUT2D eigenvalue weighted by Crippen LogP contribution is 2.33. The number of pyridine rings is 4. The van der Waals surface area contributed by atoms with Gasteiger partial charge in [0, 0.05) is 36.9 Å². The number of fused-ring (bicyclic) bond motifs is 2. The van der Waals surface area contributed by atoms with Crippen molar-refractivity contribution in [2.75, 3.05) is 0 Å². The third kappa shape index (κ3) is 6.26. The van der Waals surface area contributed by atoms with Crippen LogP contribution in [0.15, 0.2) is 134 Å². The summed E-state index contributed by atoms with van der Waals surface area (Å²) in [5.74, 6) is 0. The molecule has 0 atom stereocenters. The van der Waals surface area contributed by atoms with Crippen LogP contribution in [0, 0.1) is 20.2 Å². The van der Waals surface area contributed by atoms with Gasteiger partial charge in [-0.3, -0.25) is 40.2 Å². The topological polar surface area (TPSA) is 189 Å². The van der Waals surface area contributed by atoms with Gasteiger partial charge in [-0.2, -0.15) is 0 Å². The van der Waals surface area contributed by atoms with Crippen LogP contribution in [0.3, 0.4) is 0 Å². The largest absolute Gasteiger partial charge is 0.297 e. The lowest BCUT2D eigenvalue weighted by molar-refractivity contribution is -0.383. The van der Waals surface area contributed by atoms with E-state index in [4.69, 9.17) is 0 Å². The molecule has 0 unspecified atom stereocenters. The van der Waals surface area contributed by atoms with Crippen molar-refractivity contribution in [1.82, 2.24) is 39.9 Å². The second-order valence-corrected chi connectivity index (χ2v) is 10.5. The molecular formula is C36H22N10O4. The Morgan fingerprint density at radius 1 is 0.380 bits per heavy atom. The second kappa shape index (κ2) is 13.7. The van der Waals surface area contributed by atoms with Gasteiger partial charge in [-0.15, -0.1) is 0 Å². The van der Waals surface area contributed by atoms with Crippen molar-refractivity contribution in [1.29, 1.82) is 0 Å². The number of para-hydroxylation sites is 2. The molecule has 0 bridgehead atoms. The van der Waals surface area contributed by atoms with Crippen molar-refractivity contribution in [2.45, 2.75) is 0 Å². The third-order valence-corrected chi connectivity index (χ3v) is 7.37. The predicted octanol–water partition coefficient (Wildman–Crippen LogP) is 7.32. The van der Waals surface area contributed by atoms with E-state index in [9.17, 15) is 20.2 Å². The monoisotopic (exact) mass is 658 g/mol. The highest BCUT2D eigenvalue weighted by molar-refractivity contribution is 5.90. The number of hydrogen-bond acceptors (Lipinski definition) is 12. The van der Waals surface area contributed by atoms with Crippen molar-refractivity contribution in [3.8, 4) is 45.6 Å². The summed E-state index contributed by atoms with van der Waals surface area (Å²) >= 11 is 0. The van der Waals surface area contributed by atoms with E-state index in [1.807, 2.05) is 48.5 Å². The molecular weight excluding hydrogens is 636 g/mol. The summed E-state index contributed by atoms with van der Waals surface area (Å²) < 4.78 is 0. The Morgan fingerprint density at radius 3 is 0.980 bits per heavy atom. The minimum Gasteiger partial charge on any atom is -0.258 e. The van der Waals surface area contributed by atoms with Crippen LogP contribution in [0.25, 0.3) is 67.6 Å². The fourth-order valence-corrected chi connectivity index (χ4v) is 5.15. The van der Waals surface area contributed by atoms with Gasteiger partial charge in [0.2, 0.25) is 0 Å². The maximum atomic E-state index is 11.3. The molecule has 0 aliphatic carbocycles. The minimum atomic E-state index is -0.459. The Bertz CT molecular complexity index is 2310. The number of rotatable bonds is 6. The van der Waals surface area contributed by atoms with Gasteiger partial charge in [0.15, 0.2) is 11.0 Å². The first-order valence-corrected chi connectivity index (χ1v) is 15.0. The number of nitro benzene ring substituents is 2. The maximum Gasteiger partial charge on any atom is 0.297 e. The Kier molecular flexibility index (Phi) is 8.54. The van der Waals surface area contributed by atoms with Gasteiger partial charge in [-0.05, 0) is 60.7 Å². The average Bonchev–Trinajstić information content (AvgIpc) is 3.18. The first kappa shape index (κ1) is 31.1. The lowest BCUT2D eigenvalue weighted by Gasteiger charge is -2.09. The molecule has 0 amide bonds. The van der Waals surface area contributed by atoms with Gasteiger partial charge in [0.25, 0.3) is 11.4 Å². The summed E-state index contributed by atoms with van der Waals surface area (Å²) in [6.45, 7) is 0. The van der Waals surface area contributed by atoms with Crippen LogP contribution in [-0.4, -0.2) is 49.7 Å².